The lowest BCUT2D eigenvalue weighted by Crippen LogP contribution is -2.25. The Morgan fingerprint density at radius 3 is 2.36 bits per heavy atom. The number of carbonyl (C=O) groups is 1. The Labute approximate surface area is 125 Å². The largest absolute Gasteiger partial charge is 0.434 e. The third-order valence-electron chi connectivity index (χ3n) is 2.97. The molecule has 1 N–H and O–H groups in total. The van der Waals surface area contributed by atoms with Crippen LogP contribution in [0.5, 0.6) is 5.75 Å². The van der Waals surface area contributed by atoms with Gasteiger partial charge < -0.3 is 10.1 Å². The van der Waals surface area contributed by atoms with Gasteiger partial charge in [-0.25, -0.2) is 4.39 Å². The smallest absolute Gasteiger partial charge is 0.387 e. The fourth-order valence-corrected chi connectivity index (χ4v) is 1.93. The number of rotatable bonds is 6. The lowest BCUT2D eigenvalue weighted by Gasteiger charge is -2.11. The van der Waals surface area contributed by atoms with E-state index in [1.807, 2.05) is 0 Å². The van der Waals surface area contributed by atoms with E-state index in [2.05, 4.69) is 10.1 Å². The van der Waals surface area contributed by atoms with Gasteiger partial charge in [0.05, 0.1) is 6.42 Å². The predicted octanol–water partition coefficient (Wildman–Crippen LogP) is 3.29. The predicted molar refractivity (Wildman–Crippen MR) is 75.0 cm³/mol. The summed E-state index contributed by atoms with van der Waals surface area (Å²) >= 11 is 0. The standard InChI is InChI=1S/C16H14F3NO2/c17-13-7-3-1-5-11(13)9-15(21)20-10-12-6-2-4-8-14(12)22-16(18)19/h1-8,16H,9-10H2,(H,20,21). The van der Waals surface area contributed by atoms with Crippen molar-refractivity contribution in [2.45, 2.75) is 19.6 Å². The summed E-state index contributed by atoms with van der Waals surface area (Å²) in [4.78, 5) is 11.8. The summed E-state index contributed by atoms with van der Waals surface area (Å²) in [6.07, 6.45) is -0.120. The van der Waals surface area contributed by atoms with E-state index in [1.165, 1.54) is 24.3 Å². The summed E-state index contributed by atoms with van der Waals surface area (Å²) in [5.74, 6) is -0.861. The van der Waals surface area contributed by atoms with Crippen molar-refractivity contribution < 1.29 is 22.7 Å². The summed E-state index contributed by atoms with van der Waals surface area (Å²) in [6, 6.07) is 12.1. The quantitative estimate of drug-likeness (QED) is 0.889. The highest BCUT2D eigenvalue weighted by Gasteiger charge is 2.11. The van der Waals surface area contributed by atoms with Gasteiger partial charge in [0.25, 0.3) is 0 Å². The first-order valence-corrected chi connectivity index (χ1v) is 6.59. The fourth-order valence-electron chi connectivity index (χ4n) is 1.93. The van der Waals surface area contributed by atoms with Crippen molar-refractivity contribution in [3.63, 3.8) is 0 Å². The molecule has 6 heteroatoms. The maximum Gasteiger partial charge on any atom is 0.387 e. The summed E-state index contributed by atoms with van der Waals surface area (Å²) in [7, 11) is 0. The molecule has 2 aromatic rings. The number of amides is 1. The zero-order valence-corrected chi connectivity index (χ0v) is 11.6. The van der Waals surface area contributed by atoms with Gasteiger partial charge in [0.1, 0.15) is 11.6 Å². The lowest BCUT2D eigenvalue weighted by molar-refractivity contribution is -0.120. The van der Waals surface area contributed by atoms with Crippen LogP contribution in [0.3, 0.4) is 0 Å². The number of hydrogen-bond acceptors (Lipinski definition) is 2. The zero-order valence-electron chi connectivity index (χ0n) is 11.6. The SMILES string of the molecule is O=C(Cc1ccccc1F)NCc1ccccc1OC(F)F. The Kier molecular flexibility index (Phi) is 5.41. The van der Waals surface area contributed by atoms with E-state index in [1.54, 1.807) is 24.3 Å². The molecule has 3 nitrogen and oxygen atoms in total. The van der Waals surface area contributed by atoms with E-state index in [9.17, 15) is 18.0 Å². The number of benzene rings is 2. The number of ether oxygens (including phenoxy) is 1. The van der Waals surface area contributed by atoms with Gasteiger partial charge in [-0.3, -0.25) is 4.79 Å². The number of carbonyl (C=O) groups excluding carboxylic acids is 1. The number of hydrogen-bond donors (Lipinski definition) is 1. The first-order valence-electron chi connectivity index (χ1n) is 6.59. The van der Waals surface area contributed by atoms with Crippen LogP contribution >= 0.6 is 0 Å². The van der Waals surface area contributed by atoms with Crippen molar-refractivity contribution in [3.8, 4) is 5.75 Å². The Morgan fingerprint density at radius 2 is 1.68 bits per heavy atom. The molecule has 0 bridgehead atoms. The van der Waals surface area contributed by atoms with Crippen molar-refractivity contribution in [3.05, 3.63) is 65.5 Å². The molecule has 0 saturated carbocycles. The molecule has 0 unspecified atom stereocenters. The van der Waals surface area contributed by atoms with Crippen LogP contribution in [0.4, 0.5) is 13.2 Å². The minimum atomic E-state index is -2.93. The molecule has 0 aliphatic carbocycles. The number of halogens is 3. The summed E-state index contributed by atoms with van der Waals surface area (Å²) < 4.78 is 42.4. The summed E-state index contributed by atoms with van der Waals surface area (Å²) in [6.45, 7) is -2.91. The van der Waals surface area contributed by atoms with Crippen LogP contribution in [-0.4, -0.2) is 12.5 Å². The van der Waals surface area contributed by atoms with Gasteiger partial charge in [0.2, 0.25) is 5.91 Å². The Bertz CT molecular complexity index is 647. The average Bonchev–Trinajstić information content (AvgIpc) is 2.48. The zero-order chi connectivity index (χ0) is 15.9. The van der Waals surface area contributed by atoms with Crippen LogP contribution in [0.15, 0.2) is 48.5 Å². The molecule has 0 heterocycles. The van der Waals surface area contributed by atoms with Crippen molar-refractivity contribution >= 4 is 5.91 Å². The highest BCUT2D eigenvalue weighted by molar-refractivity contribution is 5.78. The maximum absolute atomic E-state index is 13.4. The van der Waals surface area contributed by atoms with E-state index in [0.29, 0.717) is 5.56 Å². The van der Waals surface area contributed by atoms with Crippen LogP contribution < -0.4 is 10.1 Å². The van der Waals surface area contributed by atoms with Gasteiger partial charge in [-0.15, -0.1) is 0 Å². The number of nitrogens with one attached hydrogen (secondary N) is 1. The van der Waals surface area contributed by atoms with Crippen LogP contribution in [0.2, 0.25) is 0 Å². The Hall–Kier alpha value is -2.50. The van der Waals surface area contributed by atoms with Gasteiger partial charge >= 0.3 is 6.61 Å². The third-order valence-corrected chi connectivity index (χ3v) is 2.97. The molecule has 0 atom stereocenters. The van der Waals surface area contributed by atoms with Crippen molar-refractivity contribution in [2.75, 3.05) is 0 Å². The second kappa shape index (κ2) is 7.49. The molecule has 2 rings (SSSR count). The van der Waals surface area contributed by atoms with E-state index < -0.39 is 18.3 Å². The minimum Gasteiger partial charge on any atom is -0.434 e. The van der Waals surface area contributed by atoms with Crippen molar-refractivity contribution in [2.24, 2.45) is 0 Å². The molecule has 116 valence electrons. The molecule has 0 radical (unpaired) electrons. The van der Waals surface area contributed by atoms with Gasteiger partial charge in [-0.2, -0.15) is 8.78 Å². The van der Waals surface area contributed by atoms with Crippen molar-refractivity contribution in [1.82, 2.24) is 5.32 Å². The average molecular weight is 309 g/mol. The van der Waals surface area contributed by atoms with E-state index >= 15 is 0 Å². The third kappa shape index (κ3) is 4.51. The highest BCUT2D eigenvalue weighted by atomic mass is 19.3. The molecule has 0 saturated heterocycles. The molecule has 0 aromatic heterocycles. The van der Waals surface area contributed by atoms with Gasteiger partial charge in [0, 0.05) is 12.1 Å². The van der Waals surface area contributed by atoms with Gasteiger partial charge in [0.15, 0.2) is 0 Å². The highest BCUT2D eigenvalue weighted by Crippen LogP contribution is 2.20. The first kappa shape index (κ1) is 15.9. The van der Waals surface area contributed by atoms with Crippen LogP contribution in [0.25, 0.3) is 0 Å². The molecule has 2 aromatic carbocycles. The maximum atomic E-state index is 13.4. The lowest BCUT2D eigenvalue weighted by atomic mass is 10.1. The monoisotopic (exact) mass is 309 g/mol. The molecule has 22 heavy (non-hydrogen) atoms. The Balaban J connectivity index is 1.95. The van der Waals surface area contributed by atoms with E-state index in [-0.39, 0.29) is 24.3 Å². The topological polar surface area (TPSA) is 38.3 Å². The van der Waals surface area contributed by atoms with E-state index in [0.717, 1.165) is 0 Å². The molecule has 0 fully saturated rings. The second-order valence-electron chi connectivity index (χ2n) is 4.53. The normalized spacial score (nSPS) is 10.5. The van der Waals surface area contributed by atoms with Crippen LogP contribution in [0, 0.1) is 5.82 Å². The number of alkyl halides is 2. The molecule has 0 aliphatic heterocycles. The second-order valence-corrected chi connectivity index (χ2v) is 4.53. The molecular weight excluding hydrogens is 295 g/mol. The minimum absolute atomic E-state index is 0.00342. The van der Waals surface area contributed by atoms with Gasteiger partial charge in [-0.1, -0.05) is 36.4 Å². The fraction of sp³-hybridized carbons (Fsp3) is 0.188. The van der Waals surface area contributed by atoms with Crippen LogP contribution in [-0.2, 0) is 17.8 Å². The van der Waals surface area contributed by atoms with Crippen molar-refractivity contribution in [1.29, 1.82) is 0 Å². The molecule has 0 spiro atoms. The summed E-state index contributed by atoms with van der Waals surface area (Å²) in [5.41, 5.74) is 0.696. The molecule has 1 amide bonds. The molecular formula is C16H14F3NO2. The van der Waals surface area contributed by atoms with Gasteiger partial charge in [-0.05, 0) is 17.7 Å². The number of para-hydroxylation sites is 1. The Morgan fingerprint density at radius 1 is 1.05 bits per heavy atom. The van der Waals surface area contributed by atoms with E-state index in [4.69, 9.17) is 0 Å². The van der Waals surface area contributed by atoms with Crippen LogP contribution in [0.1, 0.15) is 11.1 Å². The molecule has 0 aliphatic rings. The summed E-state index contributed by atoms with van der Waals surface area (Å²) in [5, 5.41) is 2.56. The first-order chi connectivity index (χ1) is 10.6.